The number of H-pyrrole nitrogens is 2. The number of hydrogen-bond donors (Lipinski definition) is 3. The molecule has 7 rings (SSSR count). The summed E-state index contributed by atoms with van der Waals surface area (Å²) in [6.45, 7) is 0. The Morgan fingerprint density at radius 2 is 1.82 bits per heavy atom. The van der Waals surface area contributed by atoms with E-state index in [9.17, 15) is 9.18 Å². The first-order valence-electron chi connectivity index (χ1n) is 13.1. The summed E-state index contributed by atoms with van der Waals surface area (Å²) in [6, 6.07) is 12.8. The van der Waals surface area contributed by atoms with Gasteiger partial charge in [-0.1, -0.05) is 25.0 Å². The number of benzene rings is 2. The van der Waals surface area contributed by atoms with E-state index in [-0.39, 0.29) is 17.6 Å². The number of halogens is 2. The van der Waals surface area contributed by atoms with Crippen LogP contribution < -0.4 is 5.32 Å². The van der Waals surface area contributed by atoms with Crippen molar-refractivity contribution in [3.8, 4) is 33.9 Å². The van der Waals surface area contributed by atoms with Crippen LogP contribution in [0, 0.1) is 17.6 Å². The minimum atomic E-state index is -0.453. The van der Waals surface area contributed by atoms with E-state index in [2.05, 4.69) is 30.5 Å². The molecule has 40 heavy (non-hydrogen) atoms. The molecule has 0 radical (unpaired) electrons. The molecule has 6 aromatic rings. The maximum Gasteiger partial charge on any atom is 0.227 e. The van der Waals surface area contributed by atoms with Gasteiger partial charge in [-0.05, 0) is 43.2 Å². The monoisotopic (exact) mass is 535 g/mol. The number of anilines is 1. The molecule has 4 heterocycles. The van der Waals surface area contributed by atoms with Crippen LogP contribution in [0.15, 0.2) is 67.1 Å². The first kappa shape index (κ1) is 24.1. The molecule has 2 aromatic carbocycles. The van der Waals surface area contributed by atoms with E-state index < -0.39 is 5.82 Å². The van der Waals surface area contributed by atoms with Crippen LogP contribution >= 0.6 is 0 Å². The highest BCUT2D eigenvalue weighted by molar-refractivity contribution is 5.98. The lowest BCUT2D eigenvalue weighted by atomic mass is 10.0. The van der Waals surface area contributed by atoms with E-state index in [4.69, 9.17) is 4.98 Å². The number of carbonyl (C=O) groups is 1. The highest BCUT2D eigenvalue weighted by Crippen LogP contribution is 2.34. The number of aromatic nitrogens is 6. The molecule has 0 unspecified atom stereocenters. The lowest BCUT2D eigenvalue weighted by Crippen LogP contribution is -2.20. The number of pyridine rings is 2. The zero-order chi connectivity index (χ0) is 27.2. The zero-order valence-corrected chi connectivity index (χ0v) is 21.2. The number of carbonyl (C=O) groups excluding carboxylic acids is 1. The van der Waals surface area contributed by atoms with E-state index in [1.807, 2.05) is 0 Å². The van der Waals surface area contributed by atoms with Gasteiger partial charge in [-0.2, -0.15) is 5.10 Å². The molecule has 4 aromatic heterocycles. The summed E-state index contributed by atoms with van der Waals surface area (Å²) in [5.74, 6) is -0.380. The van der Waals surface area contributed by atoms with Crippen LogP contribution in [0.4, 0.5) is 14.5 Å². The van der Waals surface area contributed by atoms with Crippen molar-refractivity contribution in [2.45, 2.75) is 25.7 Å². The van der Waals surface area contributed by atoms with Crippen molar-refractivity contribution in [1.29, 1.82) is 0 Å². The van der Waals surface area contributed by atoms with Gasteiger partial charge < -0.3 is 10.3 Å². The molecule has 10 heteroatoms. The Kier molecular flexibility index (Phi) is 5.80. The number of hydrogen-bond acceptors (Lipinski definition) is 5. The summed E-state index contributed by atoms with van der Waals surface area (Å²) in [4.78, 5) is 29.3. The van der Waals surface area contributed by atoms with E-state index in [0.717, 1.165) is 25.7 Å². The van der Waals surface area contributed by atoms with Gasteiger partial charge >= 0.3 is 0 Å². The smallest absolute Gasteiger partial charge is 0.227 e. The second kappa shape index (κ2) is 9.64. The fraction of sp³-hybridized carbons (Fsp3) is 0.167. The summed E-state index contributed by atoms with van der Waals surface area (Å²) in [5, 5.41) is 10.9. The Morgan fingerprint density at radius 1 is 0.950 bits per heavy atom. The summed E-state index contributed by atoms with van der Waals surface area (Å²) >= 11 is 0. The van der Waals surface area contributed by atoms with Crippen LogP contribution in [0.2, 0.25) is 0 Å². The molecule has 0 aliphatic heterocycles. The highest BCUT2D eigenvalue weighted by atomic mass is 19.1. The van der Waals surface area contributed by atoms with Crippen molar-refractivity contribution in [1.82, 2.24) is 30.1 Å². The summed E-state index contributed by atoms with van der Waals surface area (Å²) in [7, 11) is 0. The van der Waals surface area contributed by atoms with E-state index in [1.54, 1.807) is 48.9 Å². The number of nitrogens with one attached hydrogen (secondary N) is 3. The second-order valence-electron chi connectivity index (χ2n) is 10.0. The third-order valence-corrected chi connectivity index (χ3v) is 7.42. The molecule has 1 amide bonds. The van der Waals surface area contributed by atoms with Crippen molar-refractivity contribution >= 4 is 33.5 Å². The number of rotatable bonds is 5. The third-order valence-electron chi connectivity index (χ3n) is 7.42. The minimum absolute atomic E-state index is 0.00525. The second-order valence-corrected chi connectivity index (χ2v) is 10.0. The van der Waals surface area contributed by atoms with E-state index >= 15 is 4.39 Å². The van der Waals surface area contributed by atoms with Crippen molar-refractivity contribution < 1.29 is 13.6 Å². The Morgan fingerprint density at radius 3 is 2.67 bits per heavy atom. The van der Waals surface area contributed by atoms with Crippen LogP contribution in [-0.4, -0.2) is 36.0 Å². The molecular weight excluding hydrogens is 512 g/mol. The van der Waals surface area contributed by atoms with Gasteiger partial charge in [0.15, 0.2) is 5.82 Å². The van der Waals surface area contributed by atoms with Gasteiger partial charge in [0, 0.05) is 46.5 Å². The molecule has 0 bridgehead atoms. The molecule has 1 saturated carbocycles. The zero-order valence-electron chi connectivity index (χ0n) is 21.2. The normalized spacial score (nSPS) is 13.8. The van der Waals surface area contributed by atoms with Gasteiger partial charge in [0.05, 0.1) is 28.6 Å². The van der Waals surface area contributed by atoms with Crippen molar-refractivity contribution in [3.63, 3.8) is 0 Å². The van der Waals surface area contributed by atoms with Gasteiger partial charge in [0.2, 0.25) is 5.91 Å². The van der Waals surface area contributed by atoms with Gasteiger partial charge in [-0.3, -0.25) is 19.9 Å². The SMILES string of the molecule is O=C(Nc1cncc(-c2cc3c(-c4nc5c(-c6cccc(F)c6)nccc5[nH]4)n[nH]c3cc2F)c1)C1CCCC1. The average molecular weight is 536 g/mol. The number of imidazole rings is 1. The van der Waals surface area contributed by atoms with Crippen LogP contribution in [0.25, 0.3) is 55.8 Å². The highest BCUT2D eigenvalue weighted by Gasteiger charge is 2.23. The Labute approximate surface area is 226 Å². The Hall–Kier alpha value is -4.99. The summed E-state index contributed by atoms with van der Waals surface area (Å²) < 4.78 is 29.2. The van der Waals surface area contributed by atoms with Gasteiger partial charge in [-0.15, -0.1) is 0 Å². The molecule has 8 nitrogen and oxygen atoms in total. The number of aromatic amines is 2. The molecule has 0 atom stereocenters. The van der Waals surface area contributed by atoms with Crippen molar-refractivity contribution in [3.05, 3.63) is 78.8 Å². The molecule has 0 spiro atoms. The predicted molar refractivity (Wildman–Crippen MR) is 148 cm³/mol. The molecular formula is C30H23F2N7O. The largest absolute Gasteiger partial charge is 0.336 e. The molecule has 1 aliphatic carbocycles. The molecule has 0 saturated heterocycles. The van der Waals surface area contributed by atoms with Crippen LogP contribution in [0.3, 0.4) is 0 Å². The topological polar surface area (TPSA) is 112 Å². The molecule has 1 aliphatic rings. The van der Waals surface area contributed by atoms with E-state index in [1.165, 1.54) is 18.2 Å². The van der Waals surface area contributed by atoms with Crippen LogP contribution in [0.5, 0.6) is 0 Å². The summed E-state index contributed by atoms with van der Waals surface area (Å²) in [5.41, 5.74) is 4.77. The fourth-order valence-corrected chi connectivity index (χ4v) is 5.42. The lowest BCUT2D eigenvalue weighted by Gasteiger charge is -2.11. The van der Waals surface area contributed by atoms with E-state index in [0.29, 0.717) is 61.5 Å². The number of amides is 1. The predicted octanol–water partition coefficient (Wildman–Crippen LogP) is 6.64. The van der Waals surface area contributed by atoms with Crippen molar-refractivity contribution in [2.24, 2.45) is 5.92 Å². The maximum atomic E-state index is 15.3. The standard InChI is InChI=1S/C30H23F2N7O/c31-19-7-3-6-17(10-19)26-28-24(8-9-34-26)36-29(37-28)27-22-12-21(23(32)13-25(22)38-39-27)18-11-20(15-33-14-18)35-30(40)16-4-1-2-5-16/h3,6-16H,1-2,4-5H2,(H,35,40)(H,36,37)(H,38,39). The minimum Gasteiger partial charge on any atom is -0.336 e. The maximum absolute atomic E-state index is 15.3. The van der Waals surface area contributed by atoms with Crippen LogP contribution in [0.1, 0.15) is 25.7 Å². The Balaban J connectivity index is 1.27. The van der Waals surface area contributed by atoms with Crippen LogP contribution in [-0.2, 0) is 4.79 Å². The third kappa shape index (κ3) is 4.27. The molecule has 1 fully saturated rings. The first-order valence-corrected chi connectivity index (χ1v) is 13.1. The van der Waals surface area contributed by atoms with Gasteiger partial charge in [-0.25, -0.2) is 13.8 Å². The number of fused-ring (bicyclic) bond motifs is 2. The summed E-state index contributed by atoms with van der Waals surface area (Å²) in [6.07, 6.45) is 8.64. The van der Waals surface area contributed by atoms with Gasteiger partial charge in [0.1, 0.15) is 22.8 Å². The quantitative estimate of drug-likeness (QED) is 0.229. The van der Waals surface area contributed by atoms with Gasteiger partial charge in [0.25, 0.3) is 0 Å². The molecule has 198 valence electrons. The molecule has 3 N–H and O–H groups in total. The Bertz CT molecular complexity index is 1910. The average Bonchev–Trinajstić information content (AvgIpc) is 3.72. The number of nitrogens with zero attached hydrogens (tertiary/aromatic N) is 4. The first-order chi connectivity index (χ1) is 19.5. The lowest BCUT2D eigenvalue weighted by molar-refractivity contribution is -0.119. The fourth-order valence-electron chi connectivity index (χ4n) is 5.42. The van der Waals surface area contributed by atoms with Crippen molar-refractivity contribution in [2.75, 3.05) is 5.32 Å².